The molecule has 10 nitrogen and oxygen atoms in total. The number of esters is 1. The van der Waals surface area contributed by atoms with Gasteiger partial charge in [-0.3, -0.25) is 15.0 Å². The van der Waals surface area contributed by atoms with Gasteiger partial charge in [0.15, 0.2) is 5.78 Å². The number of nitrogens with one attached hydrogen (secondary N) is 1. The molecular formula is C29H29N5O5. The lowest BCUT2D eigenvalue weighted by molar-refractivity contribution is -0.141. The summed E-state index contributed by atoms with van der Waals surface area (Å²) in [5.74, 6) is -0.200. The predicted molar refractivity (Wildman–Crippen MR) is 147 cm³/mol. The van der Waals surface area contributed by atoms with Crippen molar-refractivity contribution in [2.45, 2.75) is 19.8 Å². The van der Waals surface area contributed by atoms with Gasteiger partial charge in [0.25, 0.3) is 0 Å². The van der Waals surface area contributed by atoms with Gasteiger partial charge in [-0.05, 0) is 49.2 Å². The Morgan fingerprint density at radius 3 is 2.51 bits per heavy atom. The molecule has 0 fully saturated rings. The van der Waals surface area contributed by atoms with E-state index in [4.69, 9.17) is 20.6 Å². The molecule has 0 saturated heterocycles. The van der Waals surface area contributed by atoms with Gasteiger partial charge in [0, 0.05) is 47.9 Å². The van der Waals surface area contributed by atoms with E-state index in [1.807, 2.05) is 23.7 Å². The maximum Gasteiger partial charge on any atom is 0.421 e. The Balaban J connectivity index is 1.53. The van der Waals surface area contributed by atoms with Crippen LogP contribution in [-0.4, -0.2) is 46.4 Å². The number of carbonyl (C=O) groups is 3. The minimum atomic E-state index is -0.807. The van der Waals surface area contributed by atoms with Crippen molar-refractivity contribution in [3.05, 3.63) is 89.7 Å². The van der Waals surface area contributed by atoms with Crippen LogP contribution >= 0.6 is 0 Å². The van der Waals surface area contributed by atoms with E-state index in [1.54, 1.807) is 61.7 Å². The minimum absolute atomic E-state index is 0.00562. The fraction of sp³-hybridized carbons (Fsp3) is 0.207. The topological polar surface area (TPSA) is 141 Å². The molecule has 4 aromatic rings. The van der Waals surface area contributed by atoms with Gasteiger partial charge in [0.1, 0.15) is 23.9 Å². The highest BCUT2D eigenvalue weighted by Gasteiger charge is 2.24. The number of aromatic nitrogens is 2. The van der Waals surface area contributed by atoms with Crippen LogP contribution in [0.3, 0.4) is 0 Å². The molecule has 0 unspecified atom stereocenters. The van der Waals surface area contributed by atoms with Gasteiger partial charge in [-0.15, -0.1) is 0 Å². The van der Waals surface area contributed by atoms with Crippen LogP contribution in [0, 0.1) is 5.41 Å². The van der Waals surface area contributed by atoms with Gasteiger partial charge >= 0.3 is 12.1 Å². The number of anilines is 1. The number of hydrogen-bond acceptors (Lipinski definition) is 7. The number of rotatable bonds is 10. The average molecular weight is 528 g/mol. The highest BCUT2D eigenvalue weighted by molar-refractivity contribution is 6.08. The maximum absolute atomic E-state index is 13.2. The number of nitrogens with two attached hydrogens (primary N) is 1. The third kappa shape index (κ3) is 6.48. The summed E-state index contributed by atoms with van der Waals surface area (Å²) in [4.78, 5) is 43.7. The number of amidine groups is 1. The molecule has 2 heterocycles. The number of fused-ring (bicyclic) bond motifs is 1. The second-order valence-electron chi connectivity index (χ2n) is 8.81. The van der Waals surface area contributed by atoms with Crippen LogP contribution in [0.25, 0.3) is 10.9 Å². The molecule has 2 aromatic carbocycles. The Labute approximate surface area is 225 Å². The van der Waals surface area contributed by atoms with Crippen molar-refractivity contribution in [3.8, 4) is 5.75 Å². The number of Topliss-reactive ketones (excluding diaryl/α,β-unsaturated/α-hetero) is 1. The summed E-state index contributed by atoms with van der Waals surface area (Å²) in [5, 5.41) is 8.15. The molecular weight excluding hydrogens is 498 g/mol. The van der Waals surface area contributed by atoms with Crippen LogP contribution in [0.4, 0.5) is 10.6 Å². The molecule has 1 amide bonds. The van der Waals surface area contributed by atoms with Crippen molar-refractivity contribution in [1.29, 1.82) is 5.41 Å². The van der Waals surface area contributed by atoms with Crippen molar-refractivity contribution in [3.63, 3.8) is 0 Å². The number of aryl methyl sites for hydroxylation is 2. The lowest BCUT2D eigenvalue weighted by Gasteiger charge is -2.20. The van der Waals surface area contributed by atoms with Crippen molar-refractivity contribution in [1.82, 2.24) is 9.55 Å². The van der Waals surface area contributed by atoms with E-state index in [1.165, 1.54) is 6.20 Å². The fourth-order valence-electron chi connectivity index (χ4n) is 4.14. The number of ketones is 1. The molecule has 2 aromatic heterocycles. The Hall–Kier alpha value is -4.99. The molecule has 0 radical (unpaired) electrons. The molecule has 0 spiro atoms. The predicted octanol–water partition coefficient (Wildman–Crippen LogP) is 4.24. The molecule has 200 valence electrons. The van der Waals surface area contributed by atoms with Gasteiger partial charge in [0.05, 0.1) is 6.61 Å². The monoisotopic (exact) mass is 527 g/mol. The molecule has 0 aliphatic heterocycles. The second-order valence-corrected chi connectivity index (χ2v) is 8.81. The molecule has 4 rings (SSSR count). The lowest BCUT2D eigenvalue weighted by atomic mass is 10.0. The molecule has 0 saturated carbocycles. The van der Waals surface area contributed by atoms with Gasteiger partial charge < -0.3 is 19.8 Å². The number of benzene rings is 2. The second kappa shape index (κ2) is 12.0. The largest absolute Gasteiger partial charge is 0.465 e. The summed E-state index contributed by atoms with van der Waals surface area (Å²) in [6.45, 7) is 1.49. The van der Waals surface area contributed by atoms with Crippen molar-refractivity contribution in [2.24, 2.45) is 12.8 Å². The van der Waals surface area contributed by atoms with E-state index < -0.39 is 12.1 Å². The summed E-state index contributed by atoms with van der Waals surface area (Å²) in [5.41, 5.74) is 8.41. The van der Waals surface area contributed by atoms with Crippen LogP contribution in [0.1, 0.15) is 34.8 Å². The van der Waals surface area contributed by atoms with E-state index in [-0.39, 0.29) is 42.8 Å². The zero-order chi connectivity index (χ0) is 27.9. The quantitative estimate of drug-likeness (QED) is 0.136. The van der Waals surface area contributed by atoms with Gasteiger partial charge in [-0.1, -0.05) is 30.3 Å². The van der Waals surface area contributed by atoms with Crippen LogP contribution in [-0.2, 0) is 23.0 Å². The highest BCUT2D eigenvalue weighted by Crippen LogP contribution is 2.27. The third-order valence-electron chi connectivity index (χ3n) is 6.11. The number of amides is 1. The Bertz CT molecular complexity index is 1510. The number of pyridine rings is 1. The molecule has 39 heavy (non-hydrogen) atoms. The first kappa shape index (κ1) is 27.1. The van der Waals surface area contributed by atoms with Crippen LogP contribution in [0.2, 0.25) is 0 Å². The smallest absolute Gasteiger partial charge is 0.421 e. The lowest BCUT2D eigenvalue weighted by Crippen LogP contribution is -2.39. The Morgan fingerprint density at radius 1 is 1.08 bits per heavy atom. The summed E-state index contributed by atoms with van der Waals surface area (Å²) < 4.78 is 12.5. The van der Waals surface area contributed by atoms with Gasteiger partial charge in [0.2, 0.25) is 0 Å². The van der Waals surface area contributed by atoms with E-state index in [2.05, 4.69) is 4.98 Å². The van der Waals surface area contributed by atoms with Crippen molar-refractivity contribution < 1.29 is 23.9 Å². The van der Waals surface area contributed by atoms with Crippen LogP contribution < -0.4 is 15.4 Å². The van der Waals surface area contributed by atoms with Gasteiger partial charge in [-0.25, -0.2) is 14.7 Å². The zero-order valence-corrected chi connectivity index (χ0v) is 21.7. The molecule has 0 atom stereocenters. The number of nitrogen functional groups attached to an aromatic ring is 1. The fourth-order valence-corrected chi connectivity index (χ4v) is 4.14. The molecule has 0 aliphatic rings. The first-order chi connectivity index (χ1) is 18.8. The summed E-state index contributed by atoms with van der Waals surface area (Å²) in [7, 11) is 1.84. The Morgan fingerprint density at radius 2 is 1.85 bits per heavy atom. The zero-order valence-electron chi connectivity index (χ0n) is 21.7. The summed E-state index contributed by atoms with van der Waals surface area (Å²) in [6, 6.07) is 17.3. The minimum Gasteiger partial charge on any atom is -0.465 e. The SMILES string of the molecule is CCOC(=O)CN(C(=O)Oc1ccc2c(c1)c(C(=O)CCc1ccc(C(=N)N)cc1)cn2C)c1ccccn1. The number of hydrogen-bond donors (Lipinski definition) is 2. The molecule has 3 N–H and O–H groups in total. The molecule has 0 aliphatic carbocycles. The number of nitrogens with zero attached hydrogens (tertiary/aromatic N) is 3. The van der Waals surface area contributed by atoms with E-state index >= 15 is 0 Å². The highest BCUT2D eigenvalue weighted by atomic mass is 16.6. The Kier molecular flexibility index (Phi) is 8.35. The van der Waals surface area contributed by atoms with Crippen molar-refractivity contribution in [2.75, 3.05) is 18.1 Å². The van der Waals surface area contributed by atoms with Crippen LogP contribution in [0.5, 0.6) is 5.75 Å². The van der Waals surface area contributed by atoms with Crippen molar-refractivity contribution >= 4 is 40.4 Å². The first-order valence-electron chi connectivity index (χ1n) is 12.4. The van der Waals surface area contributed by atoms with E-state index in [0.717, 1.165) is 16.0 Å². The van der Waals surface area contributed by atoms with E-state index in [0.29, 0.717) is 22.9 Å². The first-order valence-corrected chi connectivity index (χ1v) is 12.4. The number of carbonyl (C=O) groups excluding carboxylic acids is 3. The summed E-state index contributed by atoms with van der Waals surface area (Å²) >= 11 is 0. The number of ether oxygens (including phenoxy) is 2. The average Bonchev–Trinajstić information content (AvgIpc) is 3.26. The van der Waals surface area contributed by atoms with E-state index in [9.17, 15) is 14.4 Å². The molecule has 0 bridgehead atoms. The van der Waals surface area contributed by atoms with Crippen LogP contribution in [0.15, 0.2) is 73.1 Å². The maximum atomic E-state index is 13.2. The third-order valence-corrected chi connectivity index (χ3v) is 6.11. The normalized spacial score (nSPS) is 10.7. The standard InChI is InChI=1S/C29H29N5O5/c1-3-38-27(36)18-34(26-6-4-5-15-32-26)29(37)39-21-12-13-24-22(16-21)23(17-33(24)2)25(35)14-9-19-7-10-20(11-8-19)28(30)31/h4-8,10-13,15-17H,3,9,14,18H2,1-2H3,(H3,30,31). The summed E-state index contributed by atoms with van der Waals surface area (Å²) in [6.07, 6.45) is 3.26. The van der Waals surface area contributed by atoms with Gasteiger partial charge in [-0.2, -0.15) is 0 Å². The molecule has 10 heteroatoms.